The van der Waals surface area contributed by atoms with Crippen molar-refractivity contribution in [3.63, 3.8) is 0 Å². The lowest BCUT2D eigenvalue weighted by Crippen LogP contribution is -2.11. The number of aromatic carboxylic acids is 1. The van der Waals surface area contributed by atoms with Crippen LogP contribution in [0.5, 0.6) is 5.75 Å². The SMILES string of the molecule is CC(O)OOc1ccccc1C(=O)O. The highest BCUT2D eigenvalue weighted by Crippen LogP contribution is 2.18. The summed E-state index contributed by atoms with van der Waals surface area (Å²) in [6.45, 7) is 1.35. The summed E-state index contributed by atoms with van der Waals surface area (Å²) in [5.74, 6) is -1.06. The topological polar surface area (TPSA) is 76.0 Å². The molecule has 0 saturated heterocycles. The van der Waals surface area contributed by atoms with Crippen molar-refractivity contribution >= 4 is 5.97 Å². The second-order valence-corrected chi connectivity index (χ2v) is 2.58. The van der Waals surface area contributed by atoms with E-state index in [0.29, 0.717) is 0 Å². The summed E-state index contributed by atoms with van der Waals surface area (Å²) in [7, 11) is 0. The Bertz CT molecular complexity index is 321. The minimum atomic E-state index is -1.12. The van der Waals surface area contributed by atoms with Gasteiger partial charge in [0, 0.05) is 0 Å². The number of aliphatic hydroxyl groups is 1. The van der Waals surface area contributed by atoms with Crippen molar-refractivity contribution in [2.24, 2.45) is 0 Å². The van der Waals surface area contributed by atoms with Gasteiger partial charge in [0.2, 0.25) is 0 Å². The molecule has 0 fully saturated rings. The number of carboxylic acid groups (broad SMARTS) is 1. The fraction of sp³-hybridized carbons (Fsp3) is 0.222. The predicted octanol–water partition coefficient (Wildman–Crippen LogP) is 1.03. The van der Waals surface area contributed by atoms with Gasteiger partial charge in [0.15, 0.2) is 12.0 Å². The van der Waals surface area contributed by atoms with Crippen molar-refractivity contribution in [2.75, 3.05) is 0 Å². The van der Waals surface area contributed by atoms with Crippen LogP contribution in [0.1, 0.15) is 17.3 Å². The van der Waals surface area contributed by atoms with Gasteiger partial charge in [0.1, 0.15) is 5.56 Å². The Morgan fingerprint density at radius 3 is 2.64 bits per heavy atom. The Labute approximate surface area is 80.4 Å². The van der Waals surface area contributed by atoms with Crippen molar-refractivity contribution < 1.29 is 24.8 Å². The summed E-state index contributed by atoms with van der Waals surface area (Å²) in [6, 6.07) is 5.99. The maximum absolute atomic E-state index is 10.7. The van der Waals surface area contributed by atoms with Crippen LogP contribution >= 0.6 is 0 Å². The van der Waals surface area contributed by atoms with Crippen molar-refractivity contribution in [2.45, 2.75) is 13.2 Å². The lowest BCUT2D eigenvalue weighted by atomic mass is 10.2. The summed E-state index contributed by atoms with van der Waals surface area (Å²) in [5, 5.41) is 17.5. The summed E-state index contributed by atoms with van der Waals surface area (Å²) in [5.41, 5.74) is -0.0202. The van der Waals surface area contributed by atoms with E-state index < -0.39 is 12.3 Å². The van der Waals surface area contributed by atoms with E-state index in [-0.39, 0.29) is 11.3 Å². The lowest BCUT2D eigenvalue weighted by molar-refractivity contribution is -0.298. The molecular formula is C9H10O5. The molecule has 1 aromatic rings. The molecule has 0 amide bonds. The Kier molecular flexibility index (Phi) is 3.44. The molecule has 1 atom stereocenters. The zero-order valence-electron chi connectivity index (χ0n) is 7.51. The Balaban J connectivity index is 2.79. The first-order chi connectivity index (χ1) is 6.61. The molecule has 14 heavy (non-hydrogen) atoms. The smallest absolute Gasteiger partial charge is 0.339 e. The number of benzene rings is 1. The Hall–Kier alpha value is -1.59. The highest BCUT2D eigenvalue weighted by molar-refractivity contribution is 5.90. The zero-order chi connectivity index (χ0) is 10.6. The number of para-hydroxylation sites is 1. The van der Waals surface area contributed by atoms with E-state index in [1.807, 2.05) is 0 Å². The first-order valence-corrected chi connectivity index (χ1v) is 3.95. The van der Waals surface area contributed by atoms with E-state index in [9.17, 15) is 4.79 Å². The molecule has 0 saturated carbocycles. The number of hydrogen-bond donors (Lipinski definition) is 2. The number of rotatable bonds is 4. The monoisotopic (exact) mass is 198 g/mol. The standard InChI is InChI=1S/C9H10O5/c1-6(10)13-14-8-5-3-2-4-7(8)9(11)12/h2-6,10H,1H3,(H,11,12). The van der Waals surface area contributed by atoms with Crippen molar-refractivity contribution in [3.8, 4) is 5.75 Å². The second kappa shape index (κ2) is 4.59. The second-order valence-electron chi connectivity index (χ2n) is 2.58. The molecule has 2 N–H and O–H groups in total. The lowest BCUT2D eigenvalue weighted by Gasteiger charge is -2.08. The van der Waals surface area contributed by atoms with E-state index in [0.717, 1.165) is 0 Å². The third kappa shape index (κ3) is 2.72. The van der Waals surface area contributed by atoms with Gasteiger partial charge < -0.3 is 15.1 Å². The van der Waals surface area contributed by atoms with Crippen molar-refractivity contribution in [3.05, 3.63) is 29.8 Å². The molecule has 0 aliphatic carbocycles. The normalized spacial score (nSPS) is 12.1. The molecule has 0 spiro atoms. The summed E-state index contributed by atoms with van der Waals surface area (Å²) in [4.78, 5) is 19.7. The summed E-state index contributed by atoms with van der Waals surface area (Å²) >= 11 is 0. The fourth-order valence-corrected chi connectivity index (χ4v) is 0.837. The number of hydrogen-bond acceptors (Lipinski definition) is 4. The quantitative estimate of drug-likeness (QED) is 0.429. The molecule has 0 aromatic heterocycles. The van der Waals surface area contributed by atoms with Crippen LogP contribution < -0.4 is 4.89 Å². The van der Waals surface area contributed by atoms with Gasteiger partial charge in [-0.15, -0.1) is 0 Å². The Morgan fingerprint density at radius 1 is 1.43 bits per heavy atom. The molecule has 1 aromatic carbocycles. The van der Waals surface area contributed by atoms with Crippen LogP contribution in [0.4, 0.5) is 0 Å². The molecule has 0 aliphatic heterocycles. The third-order valence-electron chi connectivity index (χ3n) is 1.39. The highest BCUT2D eigenvalue weighted by Gasteiger charge is 2.11. The molecule has 1 rings (SSSR count). The van der Waals surface area contributed by atoms with Crippen molar-refractivity contribution in [1.29, 1.82) is 0 Å². The largest absolute Gasteiger partial charge is 0.478 e. The maximum Gasteiger partial charge on any atom is 0.339 e. The van der Waals surface area contributed by atoms with Gasteiger partial charge in [0.25, 0.3) is 0 Å². The molecule has 5 nitrogen and oxygen atoms in total. The molecule has 0 bridgehead atoms. The number of aliphatic hydroxyl groups excluding tert-OH is 1. The van der Waals surface area contributed by atoms with Crippen LogP contribution in [0.25, 0.3) is 0 Å². The molecule has 0 aliphatic rings. The van der Waals surface area contributed by atoms with Crippen LogP contribution in [0.15, 0.2) is 24.3 Å². The van der Waals surface area contributed by atoms with Gasteiger partial charge in [-0.2, -0.15) is 4.89 Å². The summed E-state index contributed by atoms with van der Waals surface area (Å²) < 4.78 is 0. The molecule has 76 valence electrons. The Morgan fingerprint density at radius 2 is 2.07 bits per heavy atom. The van der Waals surface area contributed by atoms with Gasteiger partial charge in [0.05, 0.1) is 0 Å². The molecule has 5 heteroatoms. The van der Waals surface area contributed by atoms with Gasteiger partial charge in [-0.1, -0.05) is 12.1 Å². The van der Waals surface area contributed by atoms with E-state index in [1.165, 1.54) is 19.1 Å². The van der Waals surface area contributed by atoms with Crippen LogP contribution in [0, 0.1) is 0 Å². The first-order valence-electron chi connectivity index (χ1n) is 3.95. The van der Waals surface area contributed by atoms with E-state index in [1.54, 1.807) is 12.1 Å². The van der Waals surface area contributed by atoms with Crippen molar-refractivity contribution in [1.82, 2.24) is 0 Å². The third-order valence-corrected chi connectivity index (χ3v) is 1.39. The van der Waals surface area contributed by atoms with Gasteiger partial charge in [-0.3, -0.25) is 0 Å². The molecule has 0 heterocycles. The van der Waals surface area contributed by atoms with Crippen LogP contribution in [-0.2, 0) is 4.89 Å². The first kappa shape index (κ1) is 10.5. The van der Waals surface area contributed by atoms with Gasteiger partial charge in [-0.05, 0) is 19.1 Å². The van der Waals surface area contributed by atoms with E-state index in [4.69, 9.17) is 10.2 Å². The van der Waals surface area contributed by atoms with Crippen LogP contribution in [0.3, 0.4) is 0 Å². The fourth-order valence-electron chi connectivity index (χ4n) is 0.837. The van der Waals surface area contributed by atoms with E-state index >= 15 is 0 Å². The van der Waals surface area contributed by atoms with Crippen LogP contribution in [0.2, 0.25) is 0 Å². The van der Waals surface area contributed by atoms with E-state index in [2.05, 4.69) is 9.78 Å². The van der Waals surface area contributed by atoms with Crippen LogP contribution in [-0.4, -0.2) is 22.5 Å². The zero-order valence-corrected chi connectivity index (χ0v) is 7.51. The predicted molar refractivity (Wildman–Crippen MR) is 46.8 cm³/mol. The maximum atomic E-state index is 10.7. The molecule has 0 radical (unpaired) electrons. The van der Waals surface area contributed by atoms with Gasteiger partial charge >= 0.3 is 5.97 Å². The number of carboxylic acids is 1. The molecular weight excluding hydrogens is 188 g/mol. The molecule has 1 unspecified atom stereocenters. The average Bonchev–Trinajstić information content (AvgIpc) is 2.15. The number of carbonyl (C=O) groups is 1. The minimum absolute atomic E-state index is 0.0202. The highest BCUT2D eigenvalue weighted by atomic mass is 17.2. The van der Waals surface area contributed by atoms with Gasteiger partial charge in [-0.25, -0.2) is 4.79 Å². The summed E-state index contributed by atoms with van der Waals surface area (Å²) in [6.07, 6.45) is -1.11. The minimum Gasteiger partial charge on any atom is -0.478 e. The average molecular weight is 198 g/mol.